The molecule has 0 bridgehead atoms. The van der Waals surface area contributed by atoms with Crippen molar-refractivity contribution >= 4 is 0 Å². The molecular weight excluding hydrogens is 238 g/mol. The van der Waals surface area contributed by atoms with Gasteiger partial charge in [0.1, 0.15) is 0 Å². The smallest absolute Gasteiger partial charge is 0.232 e. The van der Waals surface area contributed by atoms with Gasteiger partial charge in [-0.1, -0.05) is 32.6 Å². The van der Waals surface area contributed by atoms with Crippen molar-refractivity contribution in [3.05, 3.63) is 18.1 Å². The van der Waals surface area contributed by atoms with Crippen LogP contribution >= 0.6 is 0 Å². The van der Waals surface area contributed by atoms with Gasteiger partial charge in [0, 0.05) is 18.8 Å². The number of hydrogen-bond acceptors (Lipinski definition) is 4. The van der Waals surface area contributed by atoms with E-state index >= 15 is 0 Å². The molecule has 4 heteroatoms. The van der Waals surface area contributed by atoms with Crippen molar-refractivity contribution in [3.63, 3.8) is 0 Å². The van der Waals surface area contributed by atoms with Gasteiger partial charge in [-0.25, -0.2) is 4.98 Å². The van der Waals surface area contributed by atoms with E-state index in [0.717, 1.165) is 25.3 Å². The van der Waals surface area contributed by atoms with Crippen LogP contribution in [0.5, 0.6) is 5.88 Å². The van der Waals surface area contributed by atoms with E-state index in [-0.39, 0.29) is 0 Å². The molecular formula is C15H25N3O. The molecule has 1 saturated carbocycles. The van der Waals surface area contributed by atoms with Crippen molar-refractivity contribution in [2.24, 2.45) is 0 Å². The van der Waals surface area contributed by atoms with Gasteiger partial charge in [0.25, 0.3) is 0 Å². The van der Waals surface area contributed by atoms with Crippen LogP contribution in [0.15, 0.2) is 12.4 Å². The maximum absolute atomic E-state index is 5.65. The first kappa shape index (κ1) is 14.3. The minimum Gasteiger partial charge on any atom is -0.477 e. The Morgan fingerprint density at radius 3 is 2.84 bits per heavy atom. The van der Waals surface area contributed by atoms with E-state index in [9.17, 15) is 0 Å². The predicted molar refractivity (Wildman–Crippen MR) is 76.1 cm³/mol. The molecule has 1 aromatic heterocycles. The molecule has 1 aromatic rings. The summed E-state index contributed by atoms with van der Waals surface area (Å²) in [5.41, 5.74) is 0.968. The molecule has 4 nitrogen and oxygen atoms in total. The molecule has 0 spiro atoms. The van der Waals surface area contributed by atoms with Gasteiger partial charge in [-0.3, -0.25) is 4.98 Å². The number of unbranched alkanes of at least 4 members (excludes halogenated alkanes) is 4. The zero-order valence-corrected chi connectivity index (χ0v) is 11.9. The number of hydrogen-bond donors (Lipinski definition) is 1. The lowest BCUT2D eigenvalue weighted by Crippen LogP contribution is -2.16. The zero-order chi connectivity index (χ0) is 13.3. The Hall–Kier alpha value is -1.16. The Labute approximate surface area is 116 Å². The van der Waals surface area contributed by atoms with Gasteiger partial charge in [0.2, 0.25) is 5.88 Å². The third-order valence-electron chi connectivity index (χ3n) is 3.31. The third kappa shape index (κ3) is 6.01. The first-order valence-corrected chi connectivity index (χ1v) is 7.55. The topological polar surface area (TPSA) is 47.0 Å². The Morgan fingerprint density at radius 2 is 2.05 bits per heavy atom. The molecule has 0 atom stereocenters. The average Bonchev–Trinajstić information content (AvgIpc) is 3.25. The maximum atomic E-state index is 5.65. The van der Waals surface area contributed by atoms with Gasteiger partial charge >= 0.3 is 0 Å². The van der Waals surface area contributed by atoms with E-state index in [1.165, 1.54) is 38.5 Å². The molecule has 0 saturated heterocycles. The van der Waals surface area contributed by atoms with Gasteiger partial charge in [0.15, 0.2) is 0 Å². The number of ether oxygens (including phenoxy) is 1. The SMILES string of the molecule is CCCCCCCOc1cncc(CNC2CC2)n1. The lowest BCUT2D eigenvalue weighted by atomic mass is 10.2. The van der Waals surface area contributed by atoms with Gasteiger partial charge < -0.3 is 10.1 Å². The zero-order valence-electron chi connectivity index (χ0n) is 11.9. The molecule has 106 valence electrons. The largest absolute Gasteiger partial charge is 0.477 e. The van der Waals surface area contributed by atoms with Crippen LogP contribution in [-0.2, 0) is 6.54 Å². The highest BCUT2D eigenvalue weighted by molar-refractivity contribution is 5.08. The third-order valence-corrected chi connectivity index (χ3v) is 3.31. The number of aromatic nitrogens is 2. The summed E-state index contributed by atoms with van der Waals surface area (Å²) in [7, 11) is 0. The van der Waals surface area contributed by atoms with Gasteiger partial charge in [-0.05, 0) is 19.3 Å². The van der Waals surface area contributed by atoms with Crippen LogP contribution in [0.25, 0.3) is 0 Å². The van der Waals surface area contributed by atoms with Crippen molar-refractivity contribution in [2.45, 2.75) is 64.5 Å². The monoisotopic (exact) mass is 263 g/mol. The van der Waals surface area contributed by atoms with Crippen molar-refractivity contribution in [3.8, 4) is 5.88 Å². The molecule has 1 aliphatic carbocycles. The van der Waals surface area contributed by atoms with Crippen LogP contribution in [-0.4, -0.2) is 22.6 Å². The first-order valence-electron chi connectivity index (χ1n) is 7.55. The molecule has 2 rings (SSSR count). The summed E-state index contributed by atoms with van der Waals surface area (Å²) in [6.45, 7) is 3.77. The van der Waals surface area contributed by atoms with Crippen molar-refractivity contribution in [1.29, 1.82) is 0 Å². The first-order chi connectivity index (χ1) is 9.38. The Bertz CT molecular complexity index is 366. The Morgan fingerprint density at radius 1 is 1.21 bits per heavy atom. The fourth-order valence-electron chi connectivity index (χ4n) is 1.96. The Kier molecular flexibility index (Phi) is 6.08. The van der Waals surface area contributed by atoms with Gasteiger partial charge in [0.05, 0.1) is 18.5 Å². The molecule has 1 heterocycles. The molecule has 1 aliphatic rings. The van der Waals surface area contributed by atoms with E-state index in [0.29, 0.717) is 11.9 Å². The van der Waals surface area contributed by atoms with Crippen LogP contribution in [0.4, 0.5) is 0 Å². The summed E-state index contributed by atoms with van der Waals surface area (Å²) in [5.74, 6) is 0.658. The van der Waals surface area contributed by atoms with Gasteiger partial charge in [-0.15, -0.1) is 0 Å². The maximum Gasteiger partial charge on any atom is 0.232 e. The highest BCUT2D eigenvalue weighted by Gasteiger charge is 2.20. The minimum absolute atomic E-state index is 0.658. The quantitative estimate of drug-likeness (QED) is 0.659. The summed E-state index contributed by atoms with van der Waals surface area (Å²) in [6.07, 6.45) is 12.3. The van der Waals surface area contributed by atoms with Crippen LogP contribution in [0.2, 0.25) is 0 Å². The van der Waals surface area contributed by atoms with Crippen LogP contribution in [0.3, 0.4) is 0 Å². The van der Waals surface area contributed by atoms with E-state index < -0.39 is 0 Å². The molecule has 1 fully saturated rings. The van der Waals surface area contributed by atoms with E-state index in [2.05, 4.69) is 22.2 Å². The highest BCUT2D eigenvalue weighted by atomic mass is 16.5. The fourth-order valence-corrected chi connectivity index (χ4v) is 1.96. The molecule has 1 N–H and O–H groups in total. The average molecular weight is 263 g/mol. The van der Waals surface area contributed by atoms with Crippen molar-refractivity contribution in [1.82, 2.24) is 15.3 Å². The summed E-state index contributed by atoms with van der Waals surface area (Å²) >= 11 is 0. The van der Waals surface area contributed by atoms with Crippen LogP contribution < -0.4 is 10.1 Å². The van der Waals surface area contributed by atoms with Crippen molar-refractivity contribution in [2.75, 3.05) is 6.61 Å². The molecule has 0 radical (unpaired) electrons. The summed E-state index contributed by atoms with van der Waals surface area (Å²) in [6, 6.07) is 0.699. The van der Waals surface area contributed by atoms with Crippen LogP contribution in [0, 0.1) is 0 Å². The highest BCUT2D eigenvalue weighted by Crippen LogP contribution is 2.19. The number of rotatable bonds is 10. The lowest BCUT2D eigenvalue weighted by Gasteiger charge is -2.07. The molecule has 0 aromatic carbocycles. The second-order valence-electron chi connectivity index (χ2n) is 5.27. The van der Waals surface area contributed by atoms with Crippen molar-refractivity contribution < 1.29 is 4.74 Å². The normalized spacial score (nSPS) is 14.6. The Balaban J connectivity index is 1.63. The van der Waals surface area contributed by atoms with E-state index in [4.69, 9.17) is 4.74 Å². The minimum atomic E-state index is 0.658. The van der Waals surface area contributed by atoms with Gasteiger partial charge in [-0.2, -0.15) is 0 Å². The number of nitrogens with zero attached hydrogens (tertiary/aromatic N) is 2. The summed E-state index contributed by atoms with van der Waals surface area (Å²) < 4.78 is 5.65. The predicted octanol–water partition coefficient (Wildman–Crippen LogP) is 3.08. The molecule has 19 heavy (non-hydrogen) atoms. The fraction of sp³-hybridized carbons (Fsp3) is 0.733. The van der Waals surface area contributed by atoms with E-state index in [1.807, 2.05) is 6.20 Å². The summed E-state index contributed by atoms with van der Waals surface area (Å²) in [5, 5.41) is 3.43. The van der Waals surface area contributed by atoms with Crippen LogP contribution in [0.1, 0.15) is 57.6 Å². The molecule has 0 aliphatic heterocycles. The lowest BCUT2D eigenvalue weighted by molar-refractivity contribution is 0.291. The standard InChI is InChI=1S/C15H25N3O/c1-2-3-4-5-6-9-19-15-12-16-10-14(18-15)11-17-13-7-8-13/h10,12-13,17H,2-9,11H2,1H3. The summed E-state index contributed by atoms with van der Waals surface area (Å²) in [4.78, 5) is 8.64. The second-order valence-corrected chi connectivity index (χ2v) is 5.27. The molecule has 0 amide bonds. The van der Waals surface area contributed by atoms with E-state index in [1.54, 1.807) is 6.20 Å². The number of nitrogens with one attached hydrogen (secondary N) is 1. The molecule has 0 unspecified atom stereocenters. The second kappa shape index (κ2) is 8.10.